The number of anilines is 1. The number of rotatable bonds is 6. The summed E-state index contributed by atoms with van der Waals surface area (Å²) in [7, 11) is 0. The van der Waals surface area contributed by atoms with E-state index >= 15 is 0 Å². The Morgan fingerprint density at radius 2 is 1.68 bits per heavy atom. The monoisotopic (exact) mass is 381 g/mol. The van der Waals surface area contributed by atoms with E-state index in [1.807, 2.05) is 6.07 Å². The fourth-order valence-electron chi connectivity index (χ4n) is 4.77. The molecule has 0 spiro atoms. The van der Waals surface area contributed by atoms with Crippen LogP contribution in [0, 0.1) is 0 Å². The predicted molar refractivity (Wildman–Crippen MR) is 109 cm³/mol. The number of pyridine rings is 1. The molecule has 7 nitrogen and oxygen atoms in total. The smallest absolute Gasteiger partial charge is 0.147 e. The summed E-state index contributed by atoms with van der Waals surface area (Å²) in [4.78, 5) is 9.24. The molecule has 2 aromatic rings. The van der Waals surface area contributed by atoms with Crippen molar-refractivity contribution in [2.45, 2.75) is 63.6 Å². The number of nitrogens with two attached hydrogens (primary N) is 1. The zero-order valence-corrected chi connectivity index (χ0v) is 16.6. The van der Waals surface area contributed by atoms with E-state index in [-0.39, 0.29) is 0 Å². The van der Waals surface area contributed by atoms with E-state index in [0.29, 0.717) is 17.8 Å². The summed E-state index contributed by atoms with van der Waals surface area (Å²) in [5, 5.41) is 9.35. The first-order valence-corrected chi connectivity index (χ1v) is 10.9. The van der Waals surface area contributed by atoms with Crippen LogP contribution in [0.2, 0.25) is 0 Å². The van der Waals surface area contributed by atoms with E-state index in [4.69, 9.17) is 10.8 Å². The molecule has 2 N–H and O–H groups in total. The van der Waals surface area contributed by atoms with Crippen LogP contribution in [0.15, 0.2) is 18.3 Å². The lowest BCUT2D eigenvalue weighted by atomic mass is 9.95. The molecule has 3 aliphatic rings. The molecule has 4 heterocycles. The van der Waals surface area contributed by atoms with Gasteiger partial charge < -0.3 is 10.3 Å². The standard InChI is InChI=1S/C21H31N7/c22-20-17(4-3-9-23-20)14-27-12-7-16(8-13-27)21-25-24-19(28(21)18-5-6-18)15-26-10-1-2-11-26/h3-4,9,16,18H,1-2,5-8,10-15H2,(H2,22,23). The number of hydrogen-bond acceptors (Lipinski definition) is 6. The van der Waals surface area contributed by atoms with E-state index in [1.165, 1.54) is 50.4 Å². The van der Waals surface area contributed by atoms with Crippen LogP contribution in [0.25, 0.3) is 0 Å². The summed E-state index contributed by atoms with van der Waals surface area (Å²) >= 11 is 0. The molecule has 0 unspecified atom stereocenters. The second-order valence-corrected chi connectivity index (χ2v) is 8.66. The lowest BCUT2D eigenvalue weighted by Gasteiger charge is -2.32. The van der Waals surface area contributed by atoms with Crippen LogP contribution >= 0.6 is 0 Å². The lowest BCUT2D eigenvalue weighted by Crippen LogP contribution is -2.33. The fraction of sp³-hybridized carbons (Fsp3) is 0.667. The first-order chi connectivity index (χ1) is 13.8. The Morgan fingerprint density at radius 3 is 2.39 bits per heavy atom. The molecule has 0 radical (unpaired) electrons. The van der Waals surface area contributed by atoms with Crippen LogP contribution in [-0.2, 0) is 13.1 Å². The molecule has 28 heavy (non-hydrogen) atoms. The van der Waals surface area contributed by atoms with Crippen molar-refractivity contribution in [1.82, 2.24) is 29.5 Å². The zero-order chi connectivity index (χ0) is 18.9. The van der Waals surface area contributed by atoms with Gasteiger partial charge in [-0.25, -0.2) is 4.98 Å². The number of nitrogens with zero attached hydrogens (tertiary/aromatic N) is 6. The molecule has 5 rings (SSSR count). The number of piperidine rings is 1. The maximum atomic E-state index is 6.02. The third kappa shape index (κ3) is 3.78. The zero-order valence-electron chi connectivity index (χ0n) is 16.6. The van der Waals surface area contributed by atoms with Gasteiger partial charge in [0.1, 0.15) is 17.5 Å². The third-order valence-electron chi connectivity index (χ3n) is 6.54. The Kier molecular flexibility index (Phi) is 5.03. The van der Waals surface area contributed by atoms with Gasteiger partial charge in [-0.05, 0) is 70.8 Å². The number of nitrogen functional groups attached to an aromatic ring is 1. The minimum atomic E-state index is 0.530. The normalized spacial score (nSPS) is 22.1. The summed E-state index contributed by atoms with van der Waals surface area (Å²) in [5.74, 6) is 3.63. The molecule has 0 aromatic carbocycles. The van der Waals surface area contributed by atoms with Crippen molar-refractivity contribution in [2.24, 2.45) is 0 Å². The summed E-state index contributed by atoms with van der Waals surface area (Å²) in [5.41, 5.74) is 7.16. The quantitative estimate of drug-likeness (QED) is 0.829. The van der Waals surface area contributed by atoms with Crippen LogP contribution in [0.4, 0.5) is 5.82 Å². The van der Waals surface area contributed by atoms with E-state index in [2.05, 4.69) is 30.5 Å². The van der Waals surface area contributed by atoms with Crippen molar-refractivity contribution < 1.29 is 0 Å². The summed E-state index contributed by atoms with van der Waals surface area (Å²) < 4.78 is 2.51. The molecule has 2 saturated heterocycles. The van der Waals surface area contributed by atoms with Crippen molar-refractivity contribution in [3.63, 3.8) is 0 Å². The summed E-state index contributed by atoms with van der Waals surface area (Å²) in [6, 6.07) is 4.71. The van der Waals surface area contributed by atoms with Gasteiger partial charge in [0.2, 0.25) is 0 Å². The first-order valence-electron chi connectivity index (χ1n) is 10.9. The third-order valence-corrected chi connectivity index (χ3v) is 6.54. The molecule has 0 atom stereocenters. The Labute approximate surface area is 166 Å². The maximum absolute atomic E-state index is 6.02. The van der Waals surface area contributed by atoms with Crippen LogP contribution in [-0.4, -0.2) is 55.7 Å². The van der Waals surface area contributed by atoms with Crippen LogP contribution in [0.5, 0.6) is 0 Å². The fourth-order valence-corrected chi connectivity index (χ4v) is 4.77. The number of hydrogen-bond donors (Lipinski definition) is 1. The lowest BCUT2D eigenvalue weighted by molar-refractivity contribution is 0.200. The average Bonchev–Trinajstić information content (AvgIpc) is 3.26. The largest absolute Gasteiger partial charge is 0.383 e. The average molecular weight is 382 g/mol. The minimum absolute atomic E-state index is 0.530. The number of aromatic nitrogens is 4. The molecule has 7 heteroatoms. The second-order valence-electron chi connectivity index (χ2n) is 8.66. The van der Waals surface area contributed by atoms with Crippen LogP contribution < -0.4 is 5.73 Å². The molecule has 1 aliphatic carbocycles. The first kappa shape index (κ1) is 18.1. The summed E-state index contributed by atoms with van der Waals surface area (Å²) in [6.07, 6.45) is 9.28. The molecule has 1 saturated carbocycles. The minimum Gasteiger partial charge on any atom is -0.383 e. The number of likely N-dealkylation sites (tertiary alicyclic amines) is 2. The topological polar surface area (TPSA) is 76.1 Å². The van der Waals surface area contributed by atoms with Crippen molar-refractivity contribution in [3.05, 3.63) is 35.5 Å². The molecule has 150 valence electrons. The van der Waals surface area contributed by atoms with Gasteiger partial charge in [0.15, 0.2) is 0 Å². The van der Waals surface area contributed by atoms with Gasteiger partial charge in [0, 0.05) is 30.3 Å². The van der Waals surface area contributed by atoms with Gasteiger partial charge in [0.05, 0.1) is 6.54 Å². The van der Waals surface area contributed by atoms with Crippen molar-refractivity contribution in [1.29, 1.82) is 0 Å². The Hall–Kier alpha value is -1.99. The van der Waals surface area contributed by atoms with Crippen molar-refractivity contribution >= 4 is 5.82 Å². The molecular weight excluding hydrogens is 350 g/mol. The van der Waals surface area contributed by atoms with Gasteiger partial charge in [-0.3, -0.25) is 9.80 Å². The molecule has 3 fully saturated rings. The predicted octanol–water partition coefficient (Wildman–Crippen LogP) is 2.57. The van der Waals surface area contributed by atoms with Crippen LogP contribution in [0.3, 0.4) is 0 Å². The Bertz CT molecular complexity index is 799. The highest BCUT2D eigenvalue weighted by Crippen LogP contribution is 2.40. The molecular formula is C21H31N7. The van der Waals surface area contributed by atoms with E-state index < -0.39 is 0 Å². The SMILES string of the molecule is Nc1ncccc1CN1CCC(c2nnc(CN3CCCC3)n2C2CC2)CC1. The highest BCUT2D eigenvalue weighted by molar-refractivity contribution is 5.38. The molecule has 2 aliphatic heterocycles. The van der Waals surface area contributed by atoms with Gasteiger partial charge in [0.25, 0.3) is 0 Å². The van der Waals surface area contributed by atoms with Gasteiger partial charge in [-0.1, -0.05) is 6.07 Å². The highest BCUT2D eigenvalue weighted by atomic mass is 15.3. The highest BCUT2D eigenvalue weighted by Gasteiger charge is 2.34. The van der Waals surface area contributed by atoms with E-state index in [0.717, 1.165) is 44.6 Å². The Balaban J connectivity index is 1.25. The van der Waals surface area contributed by atoms with Crippen LogP contribution in [0.1, 0.15) is 67.7 Å². The van der Waals surface area contributed by atoms with E-state index in [1.54, 1.807) is 6.20 Å². The van der Waals surface area contributed by atoms with Gasteiger partial charge in [-0.15, -0.1) is 10.2 Å². The maximum Gasteiger partial charge on any atom is 0.147 e. The molecule has 0 amide bonds. The Morgan fingerprint density at radius 1 is 0.929 bits per heavy atom. The molecule has 0 bridgehead atoms. The van der Waals surface area contributed by atoms with Crippen molar-refractivity contribution in [2.75, 3.05) is 31.9 Å². The van der Waals surface area contributed by atoms with E-state index in [9.17, 15) is 0 Å². The second kappa shape index (κ2) is 7.79. The van der Waals surface area contributed by atoms with Gasteiger partial charge in [-0.2, -0.15) is 0 Å². The summed E-state index contributed by atoms with van der Waals surface area (Å²) in [6.45, 7) is 6.45. The van der Waals surface area contributed by atoms with Gasteiger partial charge >= 0.3 is 0 Å². The van der Waals surface area contributed by atoms with Crippen molar-refractivity contribution in [3.8, 4) is 0 Å². The molecule has 2 aromatic heterocycles.